The monoisotopic (exact) mass is 368 g/mol. The van der Waals surface area contributed by atoms with Gasteiger partial charge in [0, 0.05) is 10.4 Å². The second kappa shape index (κ2) is 8.17. The van der Waals surface area contributed by atoms with Crippen LogP contribution in [0.3, 0.4) is 0 Å². The largest absolute Gasteiger partial charge is 0.483 e. The molecule has 2 rings (SSSR count). The van der Waals surface area contributed by atoms with Crippen LogP contribution in [0.15, 0.2) is 22.7 Å². The van der Waals surface area contributed by atoms with E-state index in [0.29, 0.717) is 5.75 Å². The fourth-order valence-corrected chi connectivity index (χ4v) is 3.03. The number of carbonyl (C=O) groups is 2. The SMILES string of the molecule is Cc1cc(Br)ccc1OCC(=O)NNC(=O)C1CCCCC1. The van der Waals surface area contributed by atoms with Crippen LogP contribution in [-0.2, 0) is 9.59 Å². The molecule has 22 heavy (non-hydrogen) atoms. The van der Waals surface area contributed by atoms with Crippen LogP contribution in [-0.4, -0.2) is 18.4 Å². The molecule has 1 aromatic carbocycles. The number of amides is 2. The third-order valence-corrected chi connectivity index (χ3v) is 4.29. The molecule has 0 aromatic heterocycles. The summed E-state index contributed by atoms with van der Waals surface area (Å²) in [4.78, 5) is 23.6. The molecule has 5 nitrogen and oxygen atoms in total. The van der Waals surface area contributed by atoms with Crippen molar-refractivity contribution in [2.24, 2.45) is 5.92 Å². The molecule has 0 heterocycles. The summed E-state index contributed by atoms with van der Waals surface area (Å²) >= 11 is 3.37. The summed E-state index contributed by atoms with van der Waals surface area (Å²) in [6.45, 7) is 1.77. The van der Waals surface area contributed by atoms with Gasteiger partial charge in [-0.3, -0.25) is 20.4 Å². The second-order valence-electron chi connectivity index (χ2n) is 5.57. The lowest BCUT2D eigenvalue weighted by atomic mass is 9.89. The zero-order valence-corrected chi connectivity index (χ0v) is 14.2. The van der Waals surface area contributed by atoms with Gasteiger partial charge >= 0.3 is 0 Å². The lowest BCUT2D eigenvalue weighted by molar-refractivity contribution is -0.132. The van der Waals surface area contributed by atoms with Gasteiger partial charge in [0.15, 0.2) is 6.61 Å². The van der Waals surface area contributed by atoms with Gasteiger partial charge in [-0.15, -0.1) is 0 Å². The number of hydrazine groups is 1. The first-order chi connectivity index (χ1) is 10.6. The van der Waals surface area contributed by atoms with Crippen LogP contribution >= 0.6 is 15.9 Å². The number of nitrogens with one attached hydrogen (secondary N) is 2. The van der Waals surface area contributed by atoms with E-state index in [2.05, 4.69) is 26.8 Å². The first-order valence-corrected chi connectivity index (χ1v) is 8.33. The normalized spacial score (nSPS) is 15.2. The van der Waals surface area contributed by atoms with Crippen LogP contribution < -0.4 is 15.6 Å². The Kier molecular flexibility index (Phi) is 6.24. The smallest absolute Gasteiger partial charge is 0.276 e. The van der Waals surface area contributed by atoms with E-state index in [9.17, 15) is 9.59 Å². The van der Waals surface area contributed by atoms with Crippen LogP contribution in [0.1, 0.15) is 37.7 Å². The van der Waals surface area contributed by atoms with Gasteiger partial charge in [0.25, 0.3) is 5.91 Å². The molecule has 120 valence electrons. The average molecular weight is 369 g/mol. The molecule has 1 saturated carbocycles. The van der Waals surface area contributed by atoms with Crippen LogP contribution in [0.5, 0.6) is 5.75 Å². The predicted octanol–water partition coefficient (Wildman–Crippen LogP) is 2.86. The third-order valence-electron chi connectivity index (χ3n) is 3.80. The van der Waals surface area contributed by atoms with Gasteiger partial charge < -0.3 is 4.74 Å². The van der Waals surface area contributed by atoms with Crippen molar-refractivity contribution in [3.05, 3.63) is 28.2 Å². The van der Waals surface area contributed by atoms with Crippen molar-refractivity contribution in [3.63, 3.8) is 0 Å². The third kappa shape index (κ3) is 5.02. The van der Waals surface area contributed by atoms with Gasteiger partial charge in [0.1, 0.15) is 5.75 Å². The fraction of sp³-hybridized carbons (Fsp3) is 0.500. The molecule has 0 spiro atoms. The van der Waals surface area contributed by atoms with Gasteiger partial charge in [-0.2, -0.15) is 0 Å². The van der Waals surface area contributed by atoms with Crippen molar-refractivity contribution in [3.8, 4) is 5.75 Å². The first-order valence-electron chi connectivity index (χ1n) is 7.54. The summed E-state index contributed by atoms with van der Waals surface area (Å²) in [5.41, 5.74) is 5.83. The van der Waals surface area contributed by atoms with Crippen molar-refractivity contribution >= 4 is 27.7 Å². The molecule has 0 bridgehead atoms. The number of aryl methyl sites for hydroxylation is 1. The van der Waals surface area contributed by atoms with E-state index < -0.39 is 0 Å². The minimum absolute atomic E-state index is 0.0173. The van der Waals surface area contributed by atoms with E-state index in [1.54, 1.807) is 6.07 Å². The number of carbonyl (C=O) groups excluding carboxylic acids is 2. The summed E-state index contributed by atoms with van der Waals surface area (Å²) in [6, 6.07) is 5.57. The Bertz CT molecular complexity index is 542. The molecule has 1 aliphatic carbocycles. The van der Waals surface area contributed by atoms with Crippen LogP contribution in [0.25, 0.3) is 0 Å². The molecule has 2 amide bonds. The van der Waals surface area contributed by atoms with Crippen LogP contribution in [0, 0.1) is 12.8 Å². The maximum Gasteiger partial charge on any atom is 0.276 e. The van der Waals surface area contributed by atoms with Gasteiger partial charge in [-0.1, -0.05) is 35.2 Å². The van der Waals surface area contributed by atoms with Crippen molar-refractivity contribution in [1.29, 1.82) is 0 Å². The maximum absolute atomic E-state index is 11.9. The van der Waals surface area contributed by atoms with Crippen molar-refractivity contribution < 1.29 is 14.3 Å². The highest BCUT2D eigenvalue weighted by Gasteiger charge is 2.21. The molecule has 6 heteroatoms. The zero-order chi connectivity index (χ0) is 15.9. The van der Waals surface area contributed by atoms with E-state index >= 15 is 0 Å². The van der Waals surface area contributed by atoms with Gasteiger partial charge in [0.2, 0.25) is 5.91 Å². The Hall–Kier alpha value is -1.56. The summed E-state index contributed by atoms with van der Waals surface area (Å²) in [6.07, 6.45) is 5.15. The van der Waals surface area contributed by atoms with E-state index in [0.717, 1.165) is 35.7 Å². The number of ether oxygens (including phenoxy) is 1. The lowest BCUT2D eigenvalue weighted by Gasteiger charge is -2.20. The van der Waals surface area contributed by atoms with E-state index in [-0.39, 0.29) is 24.3 Å². The first kappa shape index (κ1) is 16.8. The van der Waals surface area contributed by atoms with Gasteiger partial charge in [0.05, 0.1) is 0 Å². The number of halogens is 1. The molecule has 2 N–H and O–H groups in total. The molecule has 0 atom stereocenters. The van der Waals surface area contributed by atoms with Crippen molar-refractivity contribution in [1.82, 2.24) is 10.9 Å². The van der Waals surface area contributed by atoms with E-state index in [4.69, 9.17) is 4.74 Å². The highest BCUT2D eigenvalue weighted by Crippen LogP contribution is 2.23. The van der Waals surface area contributed by atoms with E-state index in [1.807, 2.05) is 19.1 Å². The van der Waals surface area contributed by atoms with Gasteiger partial charge in [-0.05, 0) is 43.5 Å². The Balaban J connectivity index is 1.72. The van der Waals surface area contributed by atoms with E-state index in [1.165, 1.54) is 6.42 Å². The zero-order valence-electron chi connectivity index (χ0n) is 12.7. The summed E-state index contributed by atoms with van der Waals surface area (Å²) < 4.78 is 6.41. The molecular formula is C16H21BrN2O3. The number of hydrogen-bond donors (Lipinski definition) is 2. The molecule has 1 fully saturated rings. The molecule has 0 unspecified atom stereocenters. The van der Waals surface area contributed by atoms with Crippen molar-refractivity contribution in [2.45, 2.75) is 39.0 Å². The second-order valence-corrected chi connectivity index (χ2v) is 6.49. The lowest BCUT2D eigenvalue weighted by Crippen LogP contribution is -2.46. The summed E-state index contributed by atoms with van der Waals surface area (Å²) in [5.74, 6) is 0.194. The highest BCUT2D eigenvalue weighted by molar-refractivity contribution is 9.10. The summed E-state index contributed by atoms with van der Waals surface area (Å²) in [5, 5.41) is 0. The molecule has 0 saturated heterocycles. The maximum atomic E-state index is 11.9. The highest BCUT2D eigenvalue weighted by atomic mass is 79.9. The van der Waals surface area contributed by atoms with Crippen LogP contribution in [0.4, 0.5) is 0 Å². The van der Waals surface area contributed by atoms with Crippen LogP contribution in [0.2, 0.25) is 0 Å². The van der Waals surface area contributed by atoms with Crippen molar-refractivity contribution in [2.75, 3.05) is 6.61 Å². The number of rotatable bonds is 4. The standard InChI is InChI=1S/C16H21BrN2O3/c1-11-9-13(17)7-8-14(11)22-10-15(20)18-19-16(21)12-5-3-2-4-6-12/h7-9,12H,2-6,10H2,1H3,(H,18,20)(H,19,21). The fourth-order valence-electron chi connectivity index (χ4n) is 2.55. The topological polar surface area (TPSA) is 67.4 Å². The average Bonchev–Trinajstić information content (AvgIpc) is 2.52. The minimum Gasteiger partial charge on any atom is -0.483 e. The molecule has 1 aromatic rings. The number of hydrogen-bond acceptors (Lipinski definition) is 3. The quantitative estimate of drug-likeness (QED) is 0.802. The predicted molar refractivity (Wildman–Crippen MR) is 87.2 cm³/mol. The summed E-state index contributed by atoms with van der Waals surface area (Å²) in [7, 11) is 0. The molecular weight excluding hydrogens is 348 g/mol. The van der Waals surface area contributed by atoms with Gasteiger partial charge in [-0.25, -0.2) is 0 Å². The minimum atomic E-state index is -0.369. The number of benzene rings is 1. The Labute approximate surface area is 138 Å². The Morgan fingerprint density at radius 2 is 1.95 bits per heavy atom. The Morgan fingerprint density at radius 3 is 2.64 bits per heavy atom. The molecule has 0 aliphatic heterocycles. The molecule has 1 aliphatic rings. The molecule has 0 radical (unpaired) electrons. The Morgan fingerprint density at radius 1 is 1.23 bits per heavy atom.